The Bertz CT molecular complexity index is 1120. The van der Waals surface area contributed by atoms with Crippen molar-refractivity contribution in [2.24, 2.45) is 0 Å². The number of carbonyl (C=O) groups excluding carboxylic acids is 1. The van der Waals surface area contributed by atoms with Crippen LogP contribution >= 0.6 is 0 Å². The molecular weight excluding hydrogens is 406 g/mol. The molecule has 4 rings (SSSR count). The lowest BCUT2D eigenvalue weighted by molar-refractivity contribution is -0.131. The SMILES string of the molecule is COc1ccc(CC(=O)N2CCC[C@@H]2c2nc(N(C)C)ncc2-c2cc(C)no2)cc1C. The molecule has 0 N–H and O–H groups in total. The Kier molecular flexibility index (Phi) is 6.12. The highest BCUT2D eigenvalue weighted by Gasteiger charge is 2.34. The molecule has 0 aliphatic carbocycles. The quantitative estimate of drug-likeness (QED) is 0.583. The normalized spacial score (nSPS) is 15.8. The topological polar surface area (TPSA) is 84.6 Å². The lowest BCUT2D eigenvalue weighted by Gasteiger charge is -2.26. The first-order valence-corrected chi connectivity index (χ1v) is 10.8. The van der Waals surface area contributed by atoms with Crippen LogP contribution in [0.25, 0.3) is 11.3 Å². The molecule has 0 radical (unpaired) electrons. The summed E-state index contributed by atoms with van der Waals surface area (Å²) < 4.78 is 10.9. The molecule has 2 aromatic heterocycles. The van der Waals surface area contributed by atoms with Gasteiger partial charge in [-0.25, -0.2) is 9.97 Å². The summed E-state index contributed by atoms with van der Waals surface area (Å²) in [6.07, 6.45) is 3.88. The van der Waals surface area contributed by atoms with Crippen LogP contribution in [-0.4, -0.2) is 53.7 Å². The van der Waals surface area contributed by atoms with Crippen molar-refractivity contribution in [2.45, 2.75) is 39.2 Å². The second-order valence-electron chi connectivity index (χ2n) is 8.42. The number of nitrogens with zero attached hydrogens (tertiary/aromatic N) is 5. The van der Waals surface area contributed by atoms with Crippen molar-refractivity contribution in [3.63, 3.8) is 0 Å². The number of carbonyl (C=O) groups is 1. The Labute approximate surface area is 188 Å². The molecule has 0 bridgehead atoms. The molecule has 1 aliphatic heterocycles. The number of hydrogen-bond donors (Lipinski definition) is 0. The number of hydrogen-bond acceptors (Lipinski definition) is 7. The van der Waals surface area contributed by atoms with Gasteiger partial charge in [-0.15, -0.1) is 0 Å². The third-order valence-corrected chi connectivity index (χ3v) is 5.80. The van der Waals surface area contributed by atoms with Crippen LogP contribution in [0.15, 0.2) is 35.0 Å². The molecule has 1 aliphatic rings. The summed E-state index contributed by atoms with van der Waals surface area (Å²) in [5, 5.41) is 4.02. The van der Waals surface area contributed by atoms with Gasteiger partial charge in [-0.05, 0) is 43.9 Å². The highest BCUT2D eigenvalue weighted by atomic mass is 16.5. The molecule has 168 valence electrons. The largest absolute Gasteiger partial charge is 0.496 e. The molecule has 3 heterocycles. The van der Waals surface area contributed by atoms with Gasteiger partial charge in [0.15, 0.2) is 5.76 Å². The fourth-order valence-corrected chi connectivity index (χ4v) is 4.21. The van der Waals surface area contributed by atoms with Crippen molar-refractivity contribution in [3.05, 3.63) is 53.0 Å². The van der Waals surface area contributed by atoms with E-state index in [4.69, 9.17) is 14.2 Å². The zero-order valence-corrected chi connectivity index (χ0v) is 19.3. The minimum Gasteiger partial charge on any atom is -0.496 e. The Morgan fingerprint density at radius 3 is 2.75 bits per heavy atom. The molecule has 1 saturated heterocycles. The average molecular weight is 436 g/mol. The minimum atomic E-state index is -0.135. The number of ether oxygens (including phenoxy) is 1. The van der Waals surface area contributed by atoms with Crippen molar-refractivity contribution < 1.29 is 14.1 Å². The highest BCUT2D eigenvalue weighted by molar-refractivity contribution is 5.80. The molecule has 3 aromatic rings. The van der Waals surface area contributed by atoms with E-state index < -0.39 is 0 Å². The summed E-state index contributed by atoms with van der Waals surface area (Å²) in [4.78, 5) is 26.4. The molecule has 8 nitrogen and oxygen atoms in total. The monoisotopic (exact) mass is 435 g/mol. The summed E-state index contributed by atoms with van der Waals surface area (Å²) in [7, 11) is 5.46. The van der Waals surface area contributed by atoms with Crippen LogP contribution in [-0.2, 0) is 11.2 Å². The lowest BCUT2D eigenvalue weighted by Crippen LogP contribution is -2.33. The fourth-order valence-electron chi connectivity index (χ4n) is 4.21. The van der Waals surface area contributed by atoms with E-state index in [1.54, 1.807) is 13.3 Å². The maximum absolute atomic E-state index is 13.3. The van der Waals surface area contributed by atoms with Crippen LogP contribution in [0.4, 0.5) is 5.95 Å². The van der Waals surface area contributed by atoms with Crippen LogP contribution in [0.3, 0.4) is 0 Å². The van der Waals surface area contributed by atoms with Crippen molar-refractivity contribution in [2.75, 3.05) is 32.6 Å². The first-order valence-electron chi connectivity index (χ1n) is 10.8. The Hall–Kier alpha value is -3.42. The van der Waals surface area contributed by atoms with E-state index >= 15 is 0 Å². The molecule has 1 aromatic carbocycles. The first-order chi connectivity index (χ1) is 15.4. The van der Waals surface area contributed by atoms with Gasteiger partial charge in [0.2, 0.25) is 11.9 Å². The number of aromatic nitrogens is 3. The zero-order chi connectivity index (χ0) is 22.8. The van der Waals surface area contributed by atoms with E-state index in [0.717, 1.165) is 46.7 Å². The third kappa shape index (κ3) is 4.30. The number of methoxy groups -OCH3 is 1. The minimum absolute atomic E-state index is 0.0850. The van der Waals surface area contributed by atoms with Crippen LogP contribution in [0.5, 0.6) is 5.75 Å². The van der Waals surface area contributed by atoms with Gasteiger partial charge in [-0.3, -0.25) is 4.79 Å². The van der Waals surface area contributed by atoms with Gasteiger partial charge in [0.1, 0.15) is 5.75 Å². The van der Waals surface area contributed by atoms with Gasteiger partial charge < -0.3 is 19.1 Å². The molecule has 8 heteroatoms. The van der Waals surface area contributed by atoms with Gasteiger partial charge in [-0.1, -0.05) is 17.3 Å². The van der Waals surface area contributed by atoms with Crippen LogP contribution in [0.1, 0.15) is 41.4 Å². The number of rotatable bonds is 6. The van der Waals surface area contributed by atoms with Gasteiger partial charge in [0, 0.05) is 32.9 Å². The maximum Gasteiger partial charge on any atom is 0.227 e. The molecule has 1 amide bonds. The molecule has 1 atom stereocenters. The predicted molar refractivity (Wildman–Crippen MR) is 122 cm³/mol. The van der Waals surface area contributed by atoms with Crippen molar-refractivity contribution in [1.29, 1.82) is 0 Å². The summed E-state index contributed by atoms with van der Waals surface area (Å²) in [6.45, 7) is 4.57. The number of amides is 1. The van der Waals surface area contributed by atoms with E-state index in [-0.39, 0.29) is 11.9 Å². The summed E-state index contributed by atoms with van der Waals surface area (Å²) in [5.41, 5.74) is 4.36. The molecule has 0 spiro atoms. The zero-order valence-electron chi connectivity index (χ0n) is 19.3. The maximum atomic E-state index is 13.3. The van der Waals surface area contributed by atoms with Gasteiger partial charge in [0.05, 0.1) is 36.5 Å². The number of benzene rings is 1. The lowest BCUT2D eigenvalue weighted by atomic mass is 10.0. The van der Waals surface area contributed by atoms with Crippen LogP contribution in [0, 0.1) is 13.8 Å². The number of anilines is 1. The summed E-state index contributed by atoms with van der Waals surface area (Å²) in [5.74, 6) is 2.13. The van der Waals surface area contributed by atoms with Crippen LogP contribution in [0.2, 0.25) is 0 Å². The molecule has 1 fully saturated rings. The van der Waals surface area contributed by atoms with Gasteiger partial charge in [0.25, 0.3) is 0 Å². The van der Waals surface area contributed by atoms with Crippen molar-refractivity contribution in [3.8, 4) is 17.1 Å². The Balaban J connectivity index is 1.65. The van der Waals surface area contributed by atoms with E-state index in [9.17, 15) is 4.79 Å². The van der Waals surface area contributed by atoms with Crippen molar-refractivity contribution in [1.82, 2.24) is 20.0 Å². The second kappa shape index (κ2) is 8.98. The molecular formula is C24H29N5O3. The molecule has 32 heavy (non-hydrogen) atoms. The molecule has 0 unspecified atom stereocenters. The van der Waals surface area contributed by atoms with E-state index in [2.05, 4.69) is 10.1 Å². The predicted octanol–water partition coefficient (Wildman–Crippen LogP) is 3.73. The first kappa shape index (κ1) is 21.8. The van der Waals surface area contributed by atoms with Gasteiger partial charge >= 0.3 is 0 Å². The number of aryl methyl sites for hydroxylation is 2. The Morgan fingerprint density at radius 1 is 1.28 bits per heavy atom. The second-order valence-corrected chi connectivity index (χ2v) is 8.42. The highest BCUT2D eigenvalue weighted by Crippen LogP contribution is 2.37. The van der Waals surface area contributed by atoms with Crippen LogP contribution < -0.4 is 9.64 Å². The standard InChI is InChI=1S/C24H29N5O3/c1-15-11-17(8-9-20(15)31-5)13-22(30)29-10-6-7-19(29)23-18(21-12-16(2)27-32-21)14-25-24(26-23)28(3)4/h8-9,11-12,14,19H,6-7,10,13H2,1-5H3/t19-/m1/s1. The van der Waals surface area contributed by atoms with E-state index in [1.165, 1.54) is 0 Å². The smallest absolute Gasteiger partial charge is 0.227 e. The van der Waals surface area contributed by atoms with E-state index in [0.29, 0.717) is 24.7 Å². The summed E-state index contributed by atoms with van der Waals surface area (Å²) >= 11 is 0. The van der Waals surface area contributed by atoms with E-state index in [1.807, 2.05) is 62.0 Å². The Morgan fingerprint density at radius 2 is 2.09 bits per heavy atom. The van der Waals surface area contributed by atoms with Crippen molar-refractivity contribution >= 4 is 11.9 Å². The number of likely N-dealkylation sites (tertiary alicyclic amines) is 1. The fraction of sp³-hybridized carbons (Fsp3) is 0.417. The van der Waals surface area contributed by atoms with Gasteiger partial charge in [-0.2, -0.15) is 0 Å². The third-order valence-electron chi connectivity index (χ3n) is 5.80. The summed E-state index contributed by atoms with van der Waals surface area (Å²) in [6, 6.07) is 7.62. The molecule has 0 saturated carbocycles. The average Bonchev–Trinajstić information content (AvgIpc) is 3.42.